The van der Waals surface area contributed by atoms with Gasteiger partial charge in [-0.05, 0) is 31.0 Å². The van der Waals surface area contributed by atoms with Gasteiger partial charge < -0.3 is 4.74 Å². The standard InChI is InChI=1S/C19H18ClNO5S/c20-17-9-8-15(27(24,25)21-10-4-5-11-21)12-16(17)19(23)26-13-18(22)14-6-2-1-3-7-14/h1-3,6-9,12H,4-5,10-11,13H2. The predicted octanol–water partition coefficient (Wildman–Crippen LogP) is 3.16. The Morgan fingerprint density at radius 3 is 2.37 bits per heavy atom. The average Bonchev–Trinajstić information content (AvgIpc) is 3.22. The van der Waals surface area contributed by atoms with Crippen molar-refractivity contribution in [1.29, 1.82) is 0 Å². The third-order valence-corrected chi connectivity index (χ3v) is 6.51. The molecule has 1 aliphatic heterocycles. The fourth-order valence-electron chi connectivity index (χ4n) is 2.82. The van der Waals surface area contributed by atoms with Crippen LogP contribution in [0, 0.1) is 0 Å². The van der Waals surface area contributed by atoms with Gasteiger partial charge in [0, 0.05) is 18.7 Å². The van der Waals surface area contributed by atoms with E-state index in [1.807, 2.05) is 0 Å². The molecule has 1 heterocycles. The van der Waals surface area contributed by atoms with Crippen LogP contribution < -0.4 is 0 Å². The number of ether oxygens (including phenoxy) is 1. The number of rotatable bonds is 6. The van der Waals surface area contributed by atoms with Crippen molar-refractivity contribution >= 4 is 33.4 Å². The first-order chi connectivity index (χ1) is 12.9. The molecule has 0 radical (unpaired) electrons. The molecule has 0 amide bonds. The first-order valence-corrected chi connectivity index (χ1v) is 10.3. The average molecular weight is 408 g/mol. The topological polar surface area (TPSA) is 80.8 Å². The molecule has 2 aromatic carbocycles. The first-order valence-electron chi connectivity index (χ1n) is 8.44. The zero-order chi connectivity index (χ0) is 19.4. The molecule has 0 aliphatic carbocycles. The normalized spacial score (nSPS) is 14.9. The van der Waals surface area contributed by atoms with Gasteiger partial charge in [-0.1, -0.05) is 41.9 Å². The lowest BCUT2D eigenvalue weighted by Gasteiger charge is -2.16. The number of halogens is 1. The number of carbonyl (C=O) groups is 2. The van der Waals surface area contributed by atoms with E-state index in [0.29, 0.717) is 18.7 Å². The maximum Gasteiger partial charge on any atom is 0.340 e. The van der Waals surface area contributed by atoms with Crippen molar-refractivity contribution in [2.24, 2.45) is 0 Å². The van der Waals surface area contributed by atoms with Crippen LogP contribution in [-0.2, 0) is 14.8 Å². The summed E-state index contributed by atoms with van der Waals surface area (Å²) in [6, 6.07) is 12.3. The van der Waals surface area contributed by atoms with Crippen molar-refractivity contribution in [3.05, 3.63) is 64.7 Å². The van der Waals surface area contributed by atoms with Crippen molar-refractivity contribution in [2.45, 2.75) is 17.7 Å². The molecule has 0 saturated carbocycles. The summed E-state index contributed by atoms with van der Waals surface area (Å²) in [6.07, 6.45) is 1.62. The summed E-state index contributed by atoms with van der Waals surface area (Å²) in [5, 5.41) is 0.0625. The molecule has 2 aromatic rings. The number of benzene rings is 2. The number of hydrogen-bond acceptors (Lipinski definition) is 5. The number of ketones is 1. The van der Waals surface area contributed by atoms with Gasteiger partial charge in [0.1, 0.15) is 0 Å². The number of carbonyl (C=O) groups excluding carboxylic acids is 2. The maximum atomic E-state index is 12.6. The van der Waals surface area contributed by atoms with Crippen molar-refractivity contribution in [3.8, 4) is 0 Å². The molecule has 0 spiro atoms. The van der Waals surface area contributed by atoms with Crippen LogP contribution in [0.3, 0.4) is 0 Å². The lowest BCUT2D eigenvalue weighted by atomic mass is 10.1. The van der Waals surface area contributed by atoms with Gasteiger partial charge >= 0.3 is 5.97 Å². The van der Waals surface area contributed by atoms with Gasteiger partial charge in [0.25, 0.3) is 0 Å². The number of nitrogens with zero attached hydrogens (tertiary/aromatic N) is 1. The van der Waals surface area contributed by atoms with Crippen LogP contribution in [0.25, 0.3) is 0 Å². The zero-order valence-electron chi connectivity index (χ0n) is 14.4. The van der Waals surface area contributed by atoms with Gasteiger partial charge in [-0.25, -0.2) is 13.2 Å². The summed E-state index contributed by atoms with van der Waals surface area (Å²) >= 11 is 6.04. The summed E-state index contributed by atoms with van der Waals surface area (Å²) in [4.78, 5) is 24.4. The molecule has 0 N–H and O–H groups in total. The van der Waals surface area contributed by atoms with E-state index in [1.54, 1.807) is 30.3 Å². The molecule has 142 valence electrons. The highest BCUT2D eigenvalue weighted by Crippen LogP contribution is 2.25. The second kappa shape index (κ2) is 8.21. The van der Waals surface area contributed by atoms with E-state index < -0.39 is 22.6 Å². The minimum Gasteiger partial charge on any atom is -0.454 e. The van der Waals surface area contributed by atoms with E-state index in [9.17, 15) is 18.0 Å². The molecule has 0 atom stereocenters. The summed E-state index contributed by atoms with van der Waals surface area (Å²) in [6.45, 7) is 0.453. The summed E-state index contributed by atoms with van der Waals surface area (Å²) in [5.74, 6) is -1.20. The minimum absolute atomic E-state index is 0.0184. The Hall–Kier alpha value is -2.22. The Labute approximate surface area is 162 Å². The van der Waals surface area contributed by atoms with Gasteiger partial charge in [0.05, 0.1) is 15.5 Å². The van der Waals surface area contributed by atoms with Gasteiger partial charge in [-0.15, -0.1) is 0 Å². The predicted molar refractivity (Wildman–Crippen MR) is 100 cm³/mol. The smallest absolute Gasteiger partial charge is 0.340 e. The third kappa shape index (κ3) is 4.37. The van der Waals surface area contributed by atoms with Crippen molar-refractivity contribution < 1.29 is 22.7 Å². The maximum absolute atomic E-state index is 12.6. The summed E-state index contributed by atoms with van der Waals surface area (Å²) in [7, 11) is -3.69. The Morgan fingerprint density at radius 1 is 1.04 bits per heavy atom. The SMILES string of the molecule is O=C(COC(=O)c1cc(S(=O)(=O)N2CCCC2)ccc1Cl)c1ccccc1. The molecule has 0 bridgehead atoms. The highest BCUT2D eigenvalue weighted by Gasteiger charge is 2.28. The van der Waals surface area contributed by atoms with Crippen LogP contribution in [0.2, 0.25) is 5.02 Å². The molecule has 1 fully saturated rings. The number of Topliss-reactive ketones (excluding diaryl/α,β-unsaturated/α-hetero) is 1. The van der Waals surface area contributed by atoms with Crippen LogP contribution in [0.1, 0.15) is 33.6 Å². The summed E-state index contributed by atoms with van der Waals surface area (Å²) in [5.41, 5.74) is 0.333. The molecule has 3 rings (SSSR count). The Balaban J connectivity index is 1.76. The highest BCUT2D eigenvalue weighted by molar-refractivity contribution is 7.89. The van der Waals surface area contributed by atoms with Crippen LogP contribution in [0.5, 0.6) is 0 Å². The molecule has 8 heteroatoms. The van der Waals surface area contributed by atoms with Gasteiger partial charge in [-0.2, -0.15) is 4.31 Å². The first kappa shape index (κ1) is 19.5. The fourth-order valence-corrected chi connectivity index (χ4v) is 4.55. The van der Waals surface area contributed by atoms with E-state index in [2.05, 4.69) is 0 Å². The van der Waals surface area contributed by atoms with Crippen molar-refractivity contribution in [2.75, 3.05) is 19.7 Å². The monoisotopic (exact) mass is 407 g/mol. The summed E-state index contributed by atoms with van der Waals surface area (Å²) < 4.78 is 31.7. The molecule has 27 heavy (non-hydrogen) atoms. The van der Waals surface area contributed by atoms with Gasteiger partial charge in [-0.3, -0.25) is 4.79 Å². The van der Waals surface area contributed by atoms with E-state index in [0.717, 1.165) is 12.8 Å². The van der Waals surface area contributed by atoms with Gasteiger partial charge in [0.15, 0.2) is 12.4 Å². The number of hydrogen-bond donors (Lipinski definition) is 0. The molecule has 1 aliphatic rings. The van der Waals surface area contributed by atoms with Crippen LogP contribution in [0.4, 0.5) is 0 Å². The highest BCUT2D eigenvalue weighted by atomic mass is 35.5. The lowest BCUT2D eigenvalue weighted by Crippen LogP contribution is -2.28. The third-order valence-electron chi connectivity index (χ3n) is 4.29. The van der Waals surface area contributed by atoms with E-state index in [1.165, 1.54) is 22.5 Å². The second-order valence-corrected chi connectivity index (χ2v) is 8.46. The zero-order valence-corrected chi connectivity index (χ0v) is 16.0. The number of esters is 1. The lowest BCUT2D eigenvalue weighted by molar-refractivity contribution is 0.0474. The fraction of sp³-hybridized carbons (Fsp3) is 0.263. The van der Waals surface area contributed by atoms with Crippen LogP contribution >= 0.6 is 11.6 Å². The molecule has 0 unspecified atom stereocenters. The van der Waals surface area contributed by atoms with Crippen molar-refractivity contribution in [3.63, 3.8) is 0 Å². The Kier molecular flexibility index (Phi) is 5.94. The molecule has 0 aromatic heterocycles. The minimum atomic E-state index is -3.69. The largest absolute Gasteiger partial charge is 0.454 e. The van der Waals surface area contributed by atoms with Crippen LogP contribution in [-0.4, -0.2) is 44.2 Å². The molecule has 1 saturated heterocycles. The van der Waals surface area contributed by atoms with E-state index >= 15 is 0 Å². The van der Waals surface area contributed by atoms with E-state index in [4.69, 9.17) is 16.3 Å². The second-order valence-electron chi connectivity index (χ2n) is 6.12. The number of sulfonamides is 1. The Morgan fingerprint density at radius 2 is 1.70 bits per heavy atom. The van der Waals surface area contributed by atoms with Crippen LogP contribution in [0.15, 0.2) is 53.4 Å². The molecule has 6 nitrogen and oxygen atoms in total. The Bertz CT molecular complexity index is 953. The molecular formula is C19H18ClNO5S. The quantitative estimate of drug-likeness (QED) is 0.542. The van der Waals surface area contributed by atoms with Gasteiger partial charge in [0.2, 0.25) is 10.0 Å². The van der Waals surface area contributed by atoms with Crippen molar-refractivity contribution in [1.82, 2.24) is 4.31 Å². The van der Waals surface area contributed by atoms with E-state index in [-0.39, 0.29) is 21.3 Å². The molecular weight excluding hydrogens is 390 g/mol.